The Morgan fingerprint density at radius 3 is 2.76 bits per heavy atom. The van der Waals surface area contributed by atoms with E-state index in [1.165, 1.54) is 24.4 Å². The van der Waals surface area contributed by atoms with Gasteiger partial charge in [0.2, 0.25) is 0 Å². The summed E-state index contributed by atoms with van der Waals surface area (Å²) >= 11 is 0. The van der Waals surface area contributed by atoms with Crippen LogP contribution in [0.15, 0.2) is 24.4 Å². The van der Waals surface area contributed by atoms with E-state index in [9.17, 15) is 13.6 Å². The van der Waals surface area contributed by atoms with Crippen molar-refractivity contribution < 1.29 is 28.2 Å². The van der Waals surface area contributed by atoms with E-state index in [0.717, 1.165) is 0 Å². The van der Waals surface area contributed by atoms with Crippen LogP contribution in [0, 0.1) is 0 Å². The first-order chi connectivity index (χ1) is 10.0. The van der Waals surface area contributed by atoms with Gasteiger partial charge in [0.1, 0.15) is 11.5 Å². The quantitative estimate of drug-likeness (QED) is 0.856. The number of imidazole rings is 1. The first kappa shape index (κ1) is 14.8. The van der Waals surface area contributed by atoms with Crippen molar-refractivity contribution in [1.82, 2.24) is 9.97 Å². The third-order valence-electron chi connectivity index (χ3n) is 2.54. The highest BCUT2D eigenvalue weighted by atomic mass is 19.3. The highest BCUT2D eigenvalue weighted by molar-refractivity contribution is 5.85. The zero-order valence-electron chi connectivity index (χ0n) is 11.0. The number of ether oxygens (including phenoxy) is 2. The maximum absolute atomic E-state index is 12.3. The highest BCUT2D eigenvalue weighted by Gasteiger charge is 2.14. The van der Waals surface area contributed by atoms with Gasteiger partial charge in [-0.1, -0.05) is 0 Å². The number of hydrogen-bond donors (Lipinski definition) is 2. The number of nitrogens with zero attached hydrogens (tertiary/aromatic N) is 1. The molecule has 21 heavy (non-hydrogen) atoms. The van der Waals surface area contributed by atoms with Gasteiger partial charge in [0.05, 0.1) is 12.8 Å². The molecule has 0 bridgehead atoms. The summed E-state index contributed by atoms with van der Waals surface area (Å²) < 4.78 is 34.2. The van der Waals surface area contributed by atoms with Crippen molar-refractivity contribution in [1.29, 1.82) is 0 Å². The van der Waals surface area contributed by atoms with Crippen molar-refractivity contribution in [3.63, 3.8) is 0 Å². The minimum absolute atomic E-state index is 0.0733. The Kier molecular flexibility index (Phi) is 4.36. The Labute approximate surface area is 118 Å². The number of carboxylic acids is 1. The number of aromatic amines is 1. The van der Waals surface area contributed by atoms with Crippen LogP contribution in [0.25, 0.3) is 11.4 Å². The summed E-state index contributed by atoms with van der Waals surface area (Å²) in [7, 11) is 0. The summed E-state index contributed by atoms with van der Waals surface area (Å²) in [5.74, 6) is -0.822. The van der Waals surface area contributed by atoms with E-state index < -0.39 is 12.6 Å². The second-order valence-electron chi connectivity index (χ2n) is 3.92. The molecule has 0 radical (unpaired) electrons. The molecule has 0 unspecified atom stereocenters. The lowest BCUT2D eigenvalue weighted by Gasteiger charge is -2.12. The van der Waals surface area contributed by atoms with Crippen LogP contribution in [-0.2, 0) is 0 Å². The lowest BCUT2D eigenvalue weighted by molar-refractivity contribution is -0.0514. The maximum atomic E-state index is 12.3. The first-order valence-electron chi connectivity index (χ1n) is 6.01. The van der Waals surface area contributed by atoms with Gasteiger partial charge in [0, 0.05) is 5.56 Å². The van der Waals surface area contributed by atoms with Gasteiger partial charge in [-0.05, 0) is 25.1 Å². The standard InChI is InChI=1S/C13H12F2N2O4/c1-2-20-10-5-7(3-4-9(10)21-13(14)15)11-16-6-8(17-11)12(18)19/h3-6,13H,2H2,1H3,(H,16,17)(H,18,19). The number of rotatable bonds is 6. The minimum Gasteiger partial charge on any atom is -0.490 e. The van der Waals surface area contributed by atoms with Gasteiger partial charge in [-0.2, -0.15) is 8.78 Å². The normalized spacial score (nSPS) is 10.7. The lowest BCUT2D eigenvalue weighted by atomic mass is 10.2. The van der Waals surface area contributed by atoms with Crippen molar-refractivity contribution in [3.05, 3.63) is 30.1 Å². The average Bonchev–Trinajstić information content (AvgIpc) is 2.90. The molecule has 2 N–H and O–H groups in total. The van der Waals surface area contributed by atoms with E-state index in [-0.39, 0.29) is 29.6 Å². The van der Waals surface area contributed by atoms with Crippen molar-refractivity contribution in [3.8, 4) is 22.9 Å². The Balaban J connectivity index is 2.35. The van der Waals surface area contributed by atoms with Crippen LogP contribution in [0.4, 0.5) is 8.78 Å². The fourth-order valence-corrected chi connectivity index (χ4v) is 1.69. The lowest BCUT2D eigenvalue weighted by Crippen LogP contribution is -2.04. The van der Waals surface area contributed by atoms with E-state index >= 15 is 0 Å². The number of aromatic nitrogens is 2. The van der Waals surface area contributed by atoms with Gasteiger partial charge >= 0.3 is 12.6 Å². The largest absolute Gasteiger partial charge is 0.490 e. The fourth-order valence-electron chi connectivity index (χ4n) is 1.69. The monoisotopic (exact) mass is 298 g/mol. The van der Waals surface area contributed by atoms with Crippen LogP contribution < -0.4 is 9.47 Å². The summed E-state index contributed by atoms with van der Waals surface area (Å²) in [5.41, 5.74) is 0.420. The molecule has 0 saturated heterocycles. The van der Waals surface area contributed by atoms with Crippen LogP contribution in [0.2, 0.25) is 0 Å². The average molecular weight is 298 g/mol. The fraction of sp³-hybridized carbons (Fsp3) is 0.231. The Morgan fingerprint density at radius 2 is 2.19 bits per heavy atom. The maximum Gasteiger partial charge on any atom is 0.387 e. The molecule has 8 heteroatoms. The molecule has 1 aromatic heterocycles. The molecule has 112 valence electrons. The molecule has 0 atom stereocenters. The molecule has 1 aromatic carbocycles. The summed E-state index contributed by atoms with van der Waals surface area (Å²) in [6.07, 6.45) is 1.17. The molecular weight excluding hydrogens is 286 g/mol. The number of H-pyrrole nitrogens is 1. The Bertz CT molecular complexity index is 643. The van der Waals surface area contributed by atoms with E-state index in [1.54, 1.807) is 6.92 Å². The van der Waals surface area contributed by atoms with E-state index in [2.05, 4.69) is 14.7 Å². The number of benzene rings is 1. The number of alkyl halides is 2. The van der Waals surface area contributed by atoms with Crippen molar-refractivity contribution >= 4 is 5.97 Å². The number of carboxylic acid groups (broad SMARTS) is 1. The Morgan fingerprint density at radius 1 is 1.43 bits per heavy atom. The van der Waals surface area contributed by atoms with Gasteiger partial charge < -0.3 is 19.6 Å². The summed E-state index contributed by atoms with van der Waals surface area (Å²) in [5, 5.41) is 8.83. The van der Waals surface area contributed by atoms with Gasteiger partial charge in [-0.15, -0.1) is 0 Å². The number of hydrogen-bond acceptors (Lipinski definition) is 4. The first-order valence-corrected chi connectivity index (χ1v) is 6.01. The molecule has 0 aliphatic carbocycles. The van der Waals surface area contributed by atoms with E-state index in [4.69, 9.17) is 9.84 Å². The van der Waals surface area contributed by atoms with Crippen molar-refractivity contribution in [2.45, 2.75) is 13.5 Å². The van der Waals surface area contributed by atoms with Crippen LogP contribution in [-0.4, -0.2) is 34.3 Å². The molecule has 2 aromatic rings. The van der Waals surface area contributed by atoms with Crippen LogP contribution in [0.1, 0.15) is 17.4 Å². The molecule has 6 nitrogen and oxygen atoms in total. The molecule has 2 rings (SSSR count). The van der Waals surface area contributed by atoms with E-state index in [0.29, 0.717) is 5.56 Å². The van der Waals surface area contributed by atoms with Crippen molar-refractivity contribution in [2.75, 3.05) is 6.61 Å². The predicted molar refractivity (Wildman–Crippen MR) is 68.8 cm³/mol. The molecule has 0 spiro atoms. The van der Waals surface area contributed by atoms with Crippen LogP contribution in [0.5, 0.6) is 11.5 Å². The Hall–Kier alpha value is -2.64. The highest BCUT2D eigenvalue weighted by Crippen LogP contribution is 2.32. The second-order valence-corrected chi connectivity index (χ2v) is 3.92. The number of halogens is 2. The second kappa shape index (κ2) is 6.21. The summed E-state index contributed by atoms with van der Waals surface area (Å²) in [6, 6.07) is 4.24. The number of nitrogens with one attached hydrogen (secondary N) is 1. The summed E-state index contributed by atoms with van der Waals surface area (Å²) in [6.45, 7) is -0.993. The van der Waals surface area contributed by atoms with Gasteiger partial charge in [0.25, 0.3) is 0 Å². The minimum atomic E-state index is -2.96. The van der Waals surface area contributed by atoms with Gasteiger partial charge in [0.15, 0.2) is 11.5 Å². The number of aromatic carboxylic acids is 1. The molecule has 0 fully saturated rings. The van der Waals surface area contributed by atoms with Gasteiger partial charge in [-0.3, -0.25) is 0 Å². The summed E-state index contributed by atoms with van der Waals surface area (Å²) in [4.78, 5) is 17.3. The molecule has 0 saturated carbocycles. The predicted octanol–water partition coefficient (Wildman–Crippen LogP) is 2.78. The smallest absolute Gasteiger partial charge is 0.387 e. The van der Waals surface area contributed by atoms with Crippen molar-refractivity contribution in [2.24, 2.45) is 0 Å². The molecule has 0 aliphatic heterocycles. The molecule has 0 aliphatic rings. The molecule has 1 heterocycles. The molecule has 0 amide bonds. The molecular formula is C13H12F2N2O4. The van der Waals surface area contributed by atoms with Gasteiger partial charge in [-0.25, -0.2) is 9.78 Å². The zero-order valence-corrected chi connectivity index (χ0v) is 11.0. The van der Waals surface area contributed by atoms with E-state index in [1.807, 2.05) is 0 Å². The van der Waals surface area contributed by atoms with Crippen LogP contribution >= 0.6 is 0 Å². The zero-order chi connectivity index (χ0) is 15.4. The topological polar surface area (TPSA) is 84.4 Å². The number of carbonyl (C=O) groups is 1. The SMILES string of the molecule is CCOc1cc(-c2ncc(C(=O)O)[nH]2)ccc1OC(F)F. The van der Waals surface area contributed by atoms with Crippen LogP contribution in [0.3, 0.4) is 0 Å². The third-order valence-corrected chi connectivity index (χ3v) is 2.54. The third kappa shape index (κ3) is 3.47.